The maximum absolute atomic E-state index is 12.5. The summed E-state index contributed by atoms with van der Waals surface area (Å²) in [7, 11) is 0. The third-order valence-electron chi connectivity index (χ3n) is 2.94. The highest BCUT2D eigenvalue weighted by molar-refractivity contribution is 5.30. The van der Waals surface area contributed by atoms with E-state index in [2.05, 4.69) is 4.98 Å². The molecule has 21 heavy (non-hydrogen) atoms. The van der Waals surface area contributed by atoms with E-state index in [0.717, 1.165) is 17.7 Å². The van der Waals surface area contributed by atoms with Gasteiger partial charge in [-0.05, 0) is 37.3 Å². The van der Waals surface area contributed by atoms with Crippen molar-refractivity contribution in [1.82, 2.24) is 4.98 Å². The Balaban J connectivity index is 2.18. The van der Waals surface area contributed by atoms with E-state index in [9.17, 15) is 13.2 Å². The van der Waals surface area contributed by atoms with Crippen LogP contribution in [-0.2, 0) is 6.18 Å². The SMILES string of the molecule is CC(N)C(Oc1ccc(C(F)(F)F)cc1)c1cccnc1. The van der Waals surface area contributed by atoms with Crippen molar-refractivity contribution in [2.24, 2.45) is 5.73 Å². The second kappa shape index (κ2) is 6.13. The van der Waals surface area contributed by atoms with Crippen LogP contribution in [0.2, 0.25) is 0 Å². The third kappa shape index (κ3) is 3.95. The number of hydrogen-bond acceptors (Lipinski definition) is 3. The minimum atomic E-state index is -4.36. The van der Waals surface area contributed by atoms with E-state index in [0.29, 0.717) is 5.75 Å². The predicted molar refractivity (Wildman–Crippen MR) is 72.7 cm³/mol. The molecule has 1 aromatic carbocycles. The van der Waals surface area contributed by atoms with Crippen molar-refractivity contribution in [3.05, 3.63) is 59.9 Å². The number of halogens is 3. The van der Waals surface area contributed by atoms with Gasteiger partial charge in [-0.15, -0.1) is 0 Å². The van der Waals surface area contributed by atoms with Crippen molar-refractivity contribution in [3.8, 4) is 5.75 Å². The summed E-state index contributed by atoms with van der Waals surface area (Å²) >= 11 is 0. The molecule has 0 fully saturated rings. The molecule has 0 radical (unpaired) electrons. The molecule has 6 heteroatoms. The number of hydrogen-bond donors (Lipinski definition) is 1. The number of aromatic nitrogens is 1. The molecule has 2 rings (SSSR count). The molecular formula is C15H15F3N2O. The van der Waals surface area contributed by atoms with E-state index in [1.807, 2.05) is 6.07 Å². The first kappa shape index (κ1) is 15.3. The Bertz CT molecular complexity index is 568. The van der Waals surface area contributed by atoms with Crippen LogP contribution in [0.5, 0.6) is 5.75 Å². The first-order chi connectivity index (χ1) is 9.88. The van der Waals surface area contributed by atoms with Gasteiger partial charge in [-0.2, -0.15) is 13.2 Å². The number of nitrogens with zero attached hydrogens (tertiary/aromatic N) is 1. The zero-order valence-corrected chi connectivity index (χ0v) is 11.3. The van der Waals surface area contributed by atoms with Gasteiger partial charge in [-0.25, -0.2) is 0 Å². The summed E-state index contributed by atoms with van der Waals surface area (Å²) in [6.45, 7) is 1.77. The number of ether oxygens (including phenoxy) is 1. The van der Waals surface area contributed by atoms with Crippen LogP contribution in [0, 0.1) is 0 Å². The lowest BCUT2D eigenvalue weighted by atomic mass is 10.1. The smallest absolute Gasteiger partial charge is 0.416 e. The molecule has 0 amide bonds. The van der Waals surface area contributed by atoms with E-state index in [-0.39, 0.29) is 6.04 Å². The summed E-state index contributed by atoms with van der Waals surface area (Å²) in [5.74, 6) is 0.328. The average molecular weight is 296 g/mol. The zero-order valence-electron chi connectivity index (χ0n) is 11.3. The third-order valence-corrected chi connectivity index (χ3v) is 2.94. The Morgan fingerprint density at radius 2 is 1.81 bits per heavy atom. The second-order valence-electron chi connectivity index (χ2n) is 4.71. The molecule has 0 saturated heterocycles. The van der Waals surface area contributed by atoms with Crippen LogP contribution in [-0.4, -0.2) is 11.0 Å². The highest BCUT2D eigenvalue weighted by Gasteiger charge is 2.30. The lowest BCUT2D eigenvalue weighted by Crippen LogP contribution is -2.29. The lowest BCUT2D eigenvalue weighted by Gasteiger charge is -2.22. The molecule has 0 spiro atoms. The number of alkyl halides is 3. The molecule has 112 valence electrons. The Morgan fingerprint density at radius 1 is 1.14 bits per heavy atom. The largest absolute Gasteiger partial charge is 0.484 e. The highest BCUT2D eigenvalue weighted by atomic mass is 19.4. The summed E-state index contributed by atoms with van der Waals surface area (Å²) in [5, 5.41) is 0. The monoisotopic (exact) mass is 296 g/mol. The van der Waals surface area contributed by atoms with Crippen LogP contribution in [0.3, 0.4) is 0 Å². The van der Waals surface area contributed by atoms with Gasteiger partial charge in [-0.3, -0.25) is 4.98 Å². The van der Waals surface area contributed by atoms with Crippen molar-refractivity contribution < 1.29 is 17.9 Å². The number of pyridine rings is 1. The molecule has 2 unspecified atom stereocenters. The molecule has 0 aliphatic heterocycles. The normalized spacial score (nSPS) is 14.5. The molecule has 2 aromatic rings. The molecular weight excluding hydrogens is 281 g/mol. The van der Waals surface area contributed by atoms with E-state index >= 15 is 0 Å². The summed E-state index contributed by atoms with van der Waals surface area (Å²) in [5.41, 5.74) is 5.94. The Hall–Kier alpha value is -2.08. The summed E-state index contributed by atoms with van der Waals surface area (Å²) < 4.78 is 43.2. The minimum absolute atomic E-state index is 0.328. The summed E-state index contributed by atoms with van der Waals surface area (Å²) in [6.07, 6.45) is -1.59. The van der Waals surface area contributed by atoms with E-state index in [1.54, 1.807) is 25.4 Å². The van der Waals surface area contributed by atoms with Gasteiger partial charge in [0.1, 0.15) is 11.9 Å². The average Bonchev–Trinajstić information content (AvgIpc) is 2.45. The predicted octanol–water partition coefficient (Wildman–Crippen LogP) is 3.57. The van der Waals surface area contributed by atoms with Crippen molar-refractivity contribution in [2.75, 3.05) is 0 Å². The highest BCUT2D eigenvalue weighted by Crippen LogP contribution is 2.31. The molecule has 0 bridgehead atoms. The fourth-order valence-electron chi connectivity index (χ4n) is 1.89. The van der Waals surface area contributed by atoms with Crippen molar-refractivity contribution in [3.63, 3.8) is 0 Å². The topological polar surface area (TPSA) is 48.1 Å². The molecule has 3 nitrogen and oxygen atoms in total. The van der Waals surface area contributed by atoms with Gasteiger partial charge >= 0.3 is 6.18 Å². The number of benzene rings is 1. The molecule has 1 aromatic heterocycles. The summed E-state index contributed by atoms with van der Waals surface area (Å²) in [4.78, 5) is 3.99. The first-order valence-electron chi connectivity index (χ1n) is 6.37. The number of nitrogens with two attached hydrogens (primary N) is 1. The fraction of sp³-hybridized carbons (Fsp3) is 0.267. The standard InChI is InChI=1S/C15H15F3N2O/c1-10(19)14(11-3-2-8-20-9-11)21-13-6-4-12(5-7-13)15(16,17)18/h2-10,14H,19H2,1H3. The van der Waals surface area contributed by atoms with Gasteiger partial charge in [0.25, 0.3) is 0 Å². The maximum Gasteiger partial charge on any atom is 0.416 e. The molecule has 0 aliphatic rings. The van der Waals surface area contributed by atoms with Gasteiger partial charge in [-0.1, -0.05) is 6.07 Å². The van der Waals surface area contributed by atoms with Crippen LogP contribution < -0.4 is 10.5 Å². The quantitative estimate of drug-likeness (QED) is 0.938. The van der Waals surface area contributed by atoms with Crippen LogP contribution >= 0.6 is 0 Å². The summed E-state index contributed by atoms with van der Waals surface area (Å²) in [6, 6.07) is 7.76. The second-order valence-corrected chi connectivity index (χ2v) is 4.71. The Kier molecular flexibility index (Phi) is 4.47. The number of rotatable bonds is 4. The van der Waals surface area contributed by atoms with Gasteiger partial charge < -0.3 is 10.5 Å². The minimum Gasteiger partial charge on any atom is -0.484 e. The van der Waals surface area contributed by atoms with Gasteiger partial charge in [0.05, 0.1) is 5.56 Å². The Morgan fingerprint density at radius 3 is 2.29 bits per heavy atom. The van der Waals surface area contributed by atoms with Crippen LogP contribution in [0.15, 0.2) is 48.8 Å². The van der Waals surface area contributed by atoms with Gasteiger partial charge in [0.15, 0.2) is 0 Å². The Labute approximate surface area is 120 Å². The molecule has 0 aliphatic carbocycles. The first-order valence-corrected chi connectivity index (χ1v) is 6.37. The van der Waals surface area contributed by atoms with Crippen molar-refractivity contribution in [2.45, 2.75) is 25.2 Å². The zero-order chi connectivity index (χ0) is 15.5. The van der Waals surface area contributed by atoms with Crippen LogP contribution in [0.1, 0.15) is 24.2 Å². The molecule has 1 heterocycles. The van der Waals surface area contributed by atoms with E-state index in [4.69, 9.17) is 10.5 Å². The molecule has 2 N–H and O–H groups in total. The van der Waals surface area contributed by atoms with Crippen LogP contribution in [0.25, 0.3) is 0 Å². The van der Waals surface area contributed by atoms with E-state index in [1.165, 1.54) is 12.1 Å². The lowest BCUT2D eigenvalue weighted by molar-refractivity contribution is -0.137. The van der Waals surface area contributed by atoms with Crippen LogP contribution in [0.4, 0.5) is 13.2 Å². The van der Waals surface area contributed by atoms with Gasteiger partial charge in [0, 0.05) is 24.0 Å². The van der Waals surface area contributed by atoms with E-state index < -0.39 is 17.8 Å². The molecule has 0 saturated carbocycles. The fourth-order valence-corrected chi connectivity index (χ4v) is 1.89. The molecule has 2 atom stereocenters. The maximum atomic E-state index is 12.5. The van der Waals surface area contributed by atoms with Gasteiger partial charge in [0.2, 0.25) is 0 Å². The van der Waals surface area contributed by atoms with Crippen molar-refractivity contribution >= 4 is 0 Å². The van der Waals surface area contributed by atoms with Crippen molar-refractivity contribution in [1.29, 1.82) is 0 Å².